The molecule has 8 aliphatic carbocycles. The van der Waals surface area contributed by atoms with Gasteiger partial charge in [0.25, 0.3) is 25.9 Å². The highest BCUT2D eigenvalue weighted by molar-refractivity contribution is 5.67. The number of rotatable bonds is 17. The quantitative estimate of drug-likeness (QED) is 0.105. The maximum Gasteiger partial charge on any atom is 0.407 e. The number of fused-ring (bicyclic) bond motifs is 10. The summed E-state index contributed by atoms with van der Waals surface area (Å²) in [6, 6.07) is 0. The predicted octanol–water partition coefficient (Wildman–Crippen LogP) is 11.5. The zero-order valence-electron chi connectivity index (χ0n) is 46.0. The molecule has 8 fully saturated rings. The second kappa shape index (κ2) is 22.5. The highest BCUT2D eigenvalue weighted by atomic mass is 16.6. The average molecular weight is 995 g/mol. The first-order valence-corrected chi connectivity index (χ1v) is 28.8. The Hall–Kier alpha value is -2.89. The average Bonchev–Trinajstić information content (AvgIpc) is 3.86. The van der Waals surface area contributed by atoms with Crippen molar-refractivity contribution in [2.45, 2.75) is 222 Å². The van der Waals surface area contributed by atoms with Gasteiger partial charge in [-0.15, -0.1) is 0 Å². The number of ether oxygens (including phenoxy) is 5. The van der Waals surface area contributed by atoms with Crippen molar-refractivity contribution in [1.82, 2.24) is 5.32 Å². The first kappa shape index (κ1) is 55.9. The molecule has 8 saturated carbocycles. The van der Waals surface area contributed by atoms with Crippen LogP contribution in [-0.2, 0) is 42.9 Å². The number of amides is 1. The van der Waals surface area contributed by atoms with Gasteiger partial charge in [-0.25, -0.2) is 4.79 Å². The molecule has 0 saturated heterocycles. The van der Waals surface area contributed by atoms with Crippen molar-refractivity contribution in [3.63, 3.8) is 0 Å². The van der Waals surface area contributed by atoms with Gasteiger partial charge in [-0.05, 0) is 236 Å². The molecule has 0 bridgehead atoms. The summed E-state index contributed by atoms with van der Waals surface area (Å²) in [6.45, 7) is 29.0. The Balaban J connectivity index is 0.000000213. The first-order valence-electron chi connectivity index (χ1n) is 28.8. The molecule has 8 rings (SSSR count). The summed E-state index contributed by atoms with van der Waals surface area (Å²) in [4.78, 5) is 58.0. The van der Waals surface area contributed by atoms with Gasteiger partial charge in [0.15, 0.2) is 0 Å². The first-order chi connectivity index (χ1) is 33.7. The zero-order chi connectivity index (χ0) is 51.7. The summed E-state index contributed by atoms with van der Waals surface area (Å²) in [5.74, 6) is 6.99. The van der Waals surface area contributed by atoms with Crippen LogP contribution in [0.3, 0.4) is 0 Å². The minimum Gasteiger partial charge on any atom is -0.465 e. The van der Waals surface area contributed by atoms with Crippen molar-refractivity contribution >= 4 is 32.0 Å². The van der Waals surface area contributed by atoms with Gasteiger partial charge < -0.3 is 34.7 Å². The topological polar surface area (TPSA) is 170 Å². The van der Waals surface area contributed by atoms with E-state index in [9.17, 15) is 24.0 Å². The van der Waals surface area contributed by atoms with E-state index in [1.165, 1.54) is 51.4 Å². The summed E-state index contributed by atoms with van der Waals surface area (Å²) >= 11 is 0. The molecule has 404 valence electrons. The van der Waals surface area contributed by atoms with Crippen LogP contribution in [0.15, 0.2) is 0 Å². The number of hydrogen-bond donors (Lipinski definition) is 2. The molecule has 0 aromatic rings. The summed E-state index contributed by atoms with van der Waals surface area (Å²) in [6.07, 6.45) is 19.2. The van der Waals surface area contributed by atoms with Gasteiger partial charge >= 0.3 is 6.09 Å². The predicted molar refractivity (Wildman–Crippen MR) is 274 cm³/mol. The second-order valence-corrected chi connectivity index (χ2v) is 26.8. The lowest BCUT2D eigenvalue weighted by atomic mass is 9.41. The molecule has 3 N–H and O–H groups in total. The monoisotopic (exact) mass is 995 g/mol. The molecule has 0 heterocycles. The lowest BCUT2D eigenvalue weighted by Crippen LogP contribution is -2.62. The maximum absolute atomic E-state index is 12.2. The van der Waals surface area contributed by atoms with E-state index in [0.717, 1.165) is 76.7 Å². The summed E-state index contributed by atoms with van der Waals surface area (Å²) in [5.41, 5.74) is 6.39. The number of alkyl carbamates (subject to hydrolysis) is 1. The largest absolute Gasteiger partial charge is 0.465 e. The molecule has 12 heteroatoms. The van der Waals surface area contributed by atoms with Gasteiger partial charge in [0.05, 0.1) is 0 Å². The van der Waals surface area contributed by atoms with E-state index in [4.69, 9.17) is 29.4 Å². The SMILES string of the molecule is CC[C@H]1[C@@H](OC=O)[C@@H]2[C@H](CC[C@]3(C)[C@@H]([C@H](C)CCN)CC[C@@H]23)[C@@]2(C)CC[C@@H](OC=O)C[C@@H]12.CC[C@H]1[C@@H](OC=O)[C@@H]2[C@H](CC[C@]3(C)[C@@H]([C@H](C)CCNC(=O)OC(C)(C)C)CC[C@@H]23)[C@@]2(C)CC[C@@H](OC=O)C[C@@H]12. The third-order valence-electron chi connectivity index (χ3n) is 23.0. The molecular formula is C59H98N2O10. The molecule has 0 spiro atoms. The molecule has 1 amide bonds. The Morgan fingerprint density at radius 3 is 1.35 bits per heavy atom. The molecule has 0 aromatic heterocycles. The van der Waals surface area contributed by atoms with Crippen LogP contribution in [0, 0.1) is 105 Å². The summed E-state index contributed by atoms with van der Waals surface area (Å²) in [7, 11) is 0. The van der Waals surface area contributed by atoms with E-state index >= 15 is 0 Å². The molecule has 0 aliphatic heterocycles. The van der Waals surface area contributed by atoms with Crippen LogP contribution in [0.2, 0.25) is 0 Å². The van der Waals surface area contributed by atoms with E-state index in [1.54, 1.807) is 0 Å². The molecule has 22 atom stereocenters. The van der Waals surface area contributed by atoms with E-state index < -0.39 is 5.60 Å². The van der Waals surface area contributed by atoms with E-state index in [1.807, 2.05) is 20.8 Å². The van der Waals surface area contributed by atoms with Crippen molar-refractivity contribution in [2.75, 3.05) is 13.1 Å². The fourth-order valence-electron chi connectivity index (χ4n) is 20.1. The highest BCUT2D eigenvalue weighted by Gasteiger charge is 2.68. The van der Waals surface area contributed by atoms with Crippen molar-refractivity contribution in [3.05, 3.63) is 0 Å². The fraction of sp³-hybridized carbons (Fsp3) is 0.915. The van der Waals surface area contributed by atoms with Crippen molar-refractivity contribution in [3.8, 4) is 0 Å². The number of carbonyl (C=O) groups excluding carboxylic acids is 5. The van der Waals surface area contributed by atoms with Gasteiger partial charge in [0.1, 0.15) is 30.0 Å². The van der Waals surface area contributed by atoms with Crippen LogP contribution in [0.4, 0.5) is 4.79 Å². The van der Waals surface area contributed by atoms with Crippen LogP contribution in [0.5, 0.6) is 0 Å². The van der Waals surface area contributed by atoms with Crippen LogP contribution >= 0.6 is 0 Å². The Labute approximate surface area is 428 Å². The van der Waals surface area contributed by atoms with Gasteiger partial charge in [-0.1, -0.05) is 55.4 Å². The van der Waals surface area contributed by atoms with Gasteiger partial charge in [-0.2, -0.15) is 0 Å². The lowest BCUT2D eigenvalue weighted by molar-refractivity contribution is -0.213. The summed E-state index contributed by atoms with van der Waals surface area (Å²) in [5, 5.41) is 2.96. The number of nitrogens with two attached hydrogens (primary N) is 1. The lowest BCUT2D eigenvalue weighted by Gasteiger charge is -2.65. The molecule has 0 aromatic carbocycles. The number of carbonyl (C=O) groups is 5. The van der Waals surface area contributed by atoms with Crippen LogP contribution in [-0.4, -0.2) is 75.1 Å². The van der Waals surface area contributed by atoms with E-state index in [-0.39, 0.29) is 52.7 Å². The minimum atomic E-state index is -0.493. The Bertz CT molecular complexity index is 1820. The van der Waals surface area contributed by atoms with Crippen LogP contribution < -0.4 is 11.1 Å². The van der Waals surface area contributed by atoms with Crippen molar-refractivity contribution in [2.24, 2.45) is 110 Å². The fourth-order valence-corrected chi connectivity index (χ4v) is 20.1. The number of nitrogens with one attached hydrogen (secondary N) is 1. The number of hydrogen-bond acceptors (Lipinski definition) is 11. The second-order valence-electron chi connectivity index (χ2n) is 26.8. The normalized spacial score (nSPS) is 45.1. The smallest absolute Gasteiger partial charge is 0.407 e. The van der Waals surface area contributed by atoms with Gasteiger partial charge in [0.2, 0.25) is 0 Å². The minimum absolute atomic E-state index is 0.00915. The highest BCUT2D eigenvalue weighted by Crippen LogP contribution is 2.72. The van der Waals surface area contributed by atoms with Gasteiger partial charge in [-0.3, -0.25) is 19.2 Å². The van der Waals surface area contributed by atoms with Crippen molar-refractivity contribution in [1.29, 1.82) is 0 Å². The molecule has 71 heavy (non-hydrogen) atoms. The molecule has 0 unspecified atom stereocenters. The summed E-state index contributed by atoms with van der Waals surface area (Å²) < 4.78 is 28.4. The molecule has 8 aliphatic rings. The van der Waals surface area contributed by atoms with E-state index in [0.29, 0.717) is 109 Å². The van der Waals surface area contributed by atoms with Crippen molar-refractivity contribution < 1.29 is 47.7 Å². The maximum atomic E-state index is 12.2. The third-order valence-corrected chi connectivity index (χ3v) is 23.0. The molecular weight excluding hydrogens is 897 g/mol. The zero-order valence-corrected chi connectivity index (χ0v) is 46.0. The Morgan fingerprint density at radius 1 is 0.577 bits per heavy atom. The standard InChI is InChI=1S/C32H53NO6.C27H45NO4/c1-8-22-26-17-21(37-18-34)11-14-32(26,7)25-12-15-31(6)23(9-10-24(31)27(25)28(22)38-19-35)20(2)13-16-33-29(36)39-30(3,4)5;1-5-19-23-14-18(31-15-29)8-11-27(23,4)22-9-12-26(3)20(17(2)10-13-28)6-7-21(26)24(22)25(19)32-16-30/h18-28H,8-17H2,1-7H3,(H,33,36);15-25H,5-14,28H2,1-4H3/t20-,21-,22-,23-,24+,25+,26+,27+,28-,31-,32-;17-,18-,19-,20-,21+,22+,23+,24+,25-,26-,27-/m11/s1. The van der Waals surface area contributed by atoms with Crippen LogP contribution in [0.1, 0.15) is 192 Å². The molecule has 12 nitrogen and oxygen atoms in total. The van der Waals surface area contributed by atoms with E-state index in [2.05, 4.69) is 60.7 Å². The van der Waals surface area contributed by atoms with Crippen LogP contribution in [0.25, 0.3) is 0 Å². The Kier molecular flexibility index (Phi) is 17.7. The molecule has 0 radical (unpaired) electrons. The van der Waals surface area contributed by atoms with Gasteiger partial charge in [0, 0.05) is 18.4 Å². The third kappa shape index (κ3) is 10.4. The Morgan fingerprint density at radius 2 is 0.972 bits per heavy atom.